The van der Waals surface area contributed by atoms with E-state index in [2.05, 4.69) is 26.9 Å². The lowest BCUT2D eigenvalue weighted by atomic mass is 9.95. The zero-order chi connectivity index (χ0) is 38.0. The van der Waals surface area contributed by atoms with Crippen LogP contribution < -0.4 is 24.8 Å². The molecule has 52 heavy (non-hydrogen) atoms. The number of carbonyl (C=O) groups excluding carboxylic acids is 4. The molecule has 2 aromatic rings. The molecular weight excluding hydrogens is 694 g/mol. The second-order valence-electron chi connectivity index (χ2n) is 14.6. The Morgan fingerprint density at radius 3 is 2.52 bits per heavy atom. The van der Waals surface area contributed by atoms with Crippen molar-refractivity contribution in [1.29, 1.82) is 0 Å². The number of nitrogens with one attached hydrogen (secondary N) is 3. The van der Waals surface area contributed by atoms with Crippen molar-refractivity contribution in [2.45, 2.75) is 88.3 Å². The number of ether oxygens (including phenoxy) is 2. The summed E-state index contributed by atoms with van der Waals surface area (Å²) < 4.78 is 39.0. The van der Waals surface area contributed by atoms with Crippen LogP contribution in [0.25, 0.3) is 10.8 Å². The van der Waals surface area contributed by atoms with Crippen molar-refractivity contribution in [1.82, 2.24) is 25.2 Å². The summed E-state index contributed by atoms with van der Waals surface area (Å²) in [4.78, 5) is 71.7. The van der Waals surface area contributed by atoms with Crippen LogP contribution in [0.15, 0.2) is 55.3 Å². The number of ketones is 1. The second kappa shape index (κ2) is 14.9. The molecule has 1 saturated heterocycles. The minimum Gasteiger partial charge on any atom is -0.497 e. The van der Waals surface area contributed by atoms with Crippen LogP contribution in [-0.2, 0) is 29.2 Å². The van der Waals surface area contributed by atoms with Crippen molar-refractivity contribution >= 4 is 50.4 Å². The standard InChI is InChI=1S/C36H45N5O10S/c1-6-22-19-36(22,33(45)40-52(48,49)26-9-10-26)39-30(43)29-18-25(51-31-27-11-8-24(50-5)17-21(27)14-16-37-31)20-41(29)32(44)28(38-34(46)47)12-7-23(42)13-15-35(2,3)4/h6,8,11,13-17,22,25-26,28-29,38H,1,7,9-10,12,18-20H2,2-5H3,(H,39,43)(H,40,45)(H,46,47)/b15-13-/t22-,25-,28+,29+,36-/m1/s1. The predicted molar refractivity (Wildman–Crippen MR) is 190 cm³/mol. The van der Waals surface area contributed by atoms with Crippen molar-refractivity contribution in [3.05, 3.63) is 55.3 Å². The molecular formula is C36H45N5O10S. The molecule has 0 unspecified atom stereocenters. The molecule has 0 spiro atoms. The van der Waals surface area contributed by atoms with Gasteiger partial charge in [-0.2, -0.15) is 0 Å². The molecule has 4 amide bonds. The molecule has 5 rings (SSSR count). The SMILES string of the molecule is C=C[C@@H]1C[C@]1(NC(=O)[C@@H]1C[C@@H](Oc2nccc3cc(OC)ccc23)CN1C(=O)[C@H](CCC(=O)/C=C\C(C)(C)C)NC(=O)O)C(=O)NS(=O)(=O)C1CC1. The van der Waals surface area contributed by atoms with Crippen LogP contribution in [0.1, 0.15) is 59.3 Å². The van der Waals surface area contributed by atoms with E-state index in [9.17, 15) is 37.5 Å². The van der Waals surface area contributed by atoms with Crippen LogP contribution in [0.3, 0.4) is 0 Å². The molecule has 1 aliphatic heterocycles. The molecule has 3 fully saturated rings. The molecule has 16 heteroatoms. The maximum Gasteiger partial charge on any atom is 0.405 e. The second-order valence-corrected chi connectivity index (χ2v) is 16.5. The van der Waals surface area contributed by atoms with Gasteiger partial charge in [-0.1, -0.05) is 32.9 Å². The number of aromatic nitrogens is 1. The third-order valence-electron chi connectivity index (χ3n) is 9.36. The van der Waals surface area contributed by atoms with E-state index in [1.807, 2.05) is 20.8 Å². The van der Waals surface area contributed by atoms with Crippen molar-refractivity contribution in [3.63, 3.8) is 0 Å². The van der Waals surface area contributed by atoms with Gasteiger partial charge in [0.25, 0.3) is 5.91 Å². The molecule has 2 saturated carbocycles. The zero-order valence-electron chi connectivity index (χ0n) is 29.6. The number of carbonyl (C=O) groups is 5. The van der Waals surface area contributed by atoms with Crippen LogP contribution >= 0.6 is 0 Å². The average molecular weight is 740 g/mol. The molecule has 1 aromatic carbocycles. The quantitative estimate of drug-likeness (QED) is 0.154. The van der Waals surface area contributed by atoms with Crippen LogP contribution in [0, 0.1) is 11.3 Å². The number of fused-ring (bicyclic) bond motifs is 1. The first-order valence-corrected chi connectivity index (χ1v) is 18.6. The number of sulfonamides is 1. The number of likely N-dealkylation sites (tertiary alicyclic amines) is 1. The molecule has 0 radical (unpaired) electrons. The monoisotopic (exact) mass is 739 g/mol. The first-order chi connectivity index (χ1) is 24.5. The number of rotatable bonds is 15. The van der Waals surface area contributed by atoms with Gasteiger partial charge in [0.2, 0.25) is 27.7 Å². The zero-order valence-corrected chi connectivity index (χ0v) is 30.4. The number of carboxylic acid groups (broad SMARTS) is 1. The molecule has 15 nitrogen and oxygen atoms in total. The van der Waals surface area contributed by atoms with E-state index < -0.39 is 68.7 Å². The summed E-state index contributed by atoms with van der Waals surface area (Å²) in [5.74, 6) is -2.49. The summed E-state index contributed by atoms with van der Waals surface area (Å²) in [7, 11) is -2.39. The van der Waals surface area contributed by atoms with E-state index in [-0.39, 0.29) is 49.3 Å². The molecule has 3 aliphatic rings. The Labute approximate surface area is 302 Å². The van der Waals surface area contributed by atoms with Crippen molar-refractivity contribution in [2.24, 2.45) is 11.3 Å². The van der Waals surface area contributed by atoms with Gasteiger partial charge in [-0.05, 0) is 66.8 Å². The number of benzene rings is 1. The normalized spacial score (nSPS) is 23.5. The van der Waals surface area contributed by atoms with E-state index in [0.29, 0.717) is 24.0 Å². The summed E-state index contributed by atoms with van der Waals surface area (Å²) in [5.41, 5.74) is -1.89. The van der Waals surface area contributed by atoms with Gasteiger partial charge in [0.1, 0.15) is 29.5 Å². The number of allylic oxidation sites excluding steroid dienone is 2. The Kier molecular flexibility index (Phi) is 11.0. The molecule has 2 heterocycles. The fraction of sp³-hybridized carbons (Fsp3) is 0.500. The number of nitrogens with zero attached hydrogens (tertiary/aromatic N) is 2. The fourth-order valence-corrected chi connectivity index (χ4v) is 7.58. The van der Waals surface area contributed by atoms with Gasteiger partial charge in [0.15, 0.2) is 5.78 Å². The van der Waals surface area contributed by atoms with Crippen LogP contribution in [0.4, 0.5) is 4.79 Å². The first kappa shape index (κ1) is 38.2. The summed E-state index contributed by atoms with van der Waals surface area (Å²) in [6.45, 7) is 9.29. The number of hydrogen-bond donors (Lipinski definition) is 4. The smallest absolute Gasteiger partial charge is 0.405 e. The highest BCUT2D eigenvalue weighted by Gasteiger charge is 2.62. The Morgan fingerprint density at radius 2 is 1.90 bits per heavy atom. The maximum atomic E-state index is 14.1. The van der Waals surface area contributed by atoms with Crippen LogP contribution in [-0.4, -0.2) is 95.6 Å². The van der Waals surface area contributed by atoms with E-state index >= 15 is 0 Å². The van der Waals surface area contributed by atoms with Crippen molar-refractivity contribution in [2.75, 3.05) is 13.7 Å². The average Bonchev–Trinajstić information content (AvgIpc) is 4.01. The van der Waals surface area contributed by atoms with Crippen molar-refractivity contribution < 1.29 is 47.0 Å². The highest BCUT2D eigenvalue weighted by atomic mass is 32.2. The third-order valence-corrected chi connectivity index (χ3v) is 11.2. The summed E-state index contributed by atoms with van der Waals surface area (Å²) in [6.07, 6.45) is 4.31. The number of methoxy groups -OCH3 is 1. The van der Waals surface area contributed by atoms with Gasteiger partial charge in [0, 0.05) is 30.3 Å². The fourth-order valence-electron chi connectivity index (χ4n) is 6.22. The Balaban J connectivity index is 1.41. The van der Waals surface area contributed by atoms with Gasteiger partial charge in [-0.15, -0.1) is 6.58 Å². The van der Waals surface area contributed by atoms with Crippen LogP contribution in [0.2, 0.25) is 0 Å². The van der Waals surface area contributed by atoms with E-state index in [0.717, 1.165) is 5.39 Å². The Hall–Kier alpha value is -4.99. The molecule has 5 atom stereocenters. The molecule has 1 aromatic heterocycles. The molecule has 4 N–H and O–H groups in total. The largest absolute Gasteiger partial charge is 0.497 e. The molecule has 0 bridgehead atoms. The lowest BCUT2D eigenvalue weighted by molar-refractivity contribution is -0.141. The van der Waals surface area contributed by atoms with Gasteiger partial charge >= 0.3 is 6.09 Å². The van der Waals surface area contributed by atoms with Gasteiger partial charge in [0.05, 0.1) is 18.9 Å². The van der Waals surface area contributed by atoms with Gasteiger partial charge < -0.3 is 30.1 Å². The predicted octanol–water partition coefficient (Wildman–Crippen LogP) is 2.85. The Bertz CT molecular complexity index is 1900. The van der Waals surface area contributed by atoms with E-state index in [4.69, 9.17) is 9.47 Å². The minimum absolute atomic E-state index is 0.0737. The van der Waals surface area contributed by atoms with Crippen LogP contribution in [0.5, 0.6) is 11.6 Å². The van der Waals surface area contributed by atoms with E-state index in [1.54, 1.807) is 37.5 Å². The number of hydrogen-bond acceptors (Lipinski definition) is 10. The lowest BCUT2D eigenvalue weighted by Crippen LogP contribution is -2.58. The minimum atomic E-state index is -3.94. The number of amides is 4. The Morgan fingerprint density at radius 1 is 1.17 bits per heavy atom. The summed E-state index contributed by atoms with van der Waals surface area (Å²) in [5, 5.41) is 15.2. The lowest BCUT2D eigenvalue weighted by Gasteiger charge is -2.29. The summed E-state index contributed by atoms with van der Waals surface area (Å²) >= 11 is 0. The summed E-state index contributed by atoms with van der Waals surface area (Å²) in [6, 6.07) is 4.39. The van der Waals surface area contributed by atoms with Crippen molar-refractivity contribution in [3.8, 4) is 11.6 Å². The van der Waals surface area contributed by atoms with Gasteiger partial charge in [-0.25, -0.2) is 18.2 Å². The molecule has 280 valence electrons. The van der Waals surface area contributed by atoms with Gasteiger partial charge in [-0.3, -0.25) is 23.9 Å². The molecule has 2 aliphatic carbocycles. The maximum absolute atomic E-state index is 14.1. The first-order valence-electron chi connectivity index (χ1n) is 17.1. The highest BCUT2D eigenvalue weighted by molar-refractivity contribution is 7.91. The highest BCUT2D eigenvalue weighted by Crippen LogP contribution is 2.45. The third kappa shape index (κ3) is 8.89. The number of pyridine rings is 1. The topological polar surface area (TPSA) is 210 Å². The van der Waals surface area contributed by atoms with E-state index in [1.165, 1.54) is 23.2 Å².